The highest BCUT2D eigenvalue weighted by Gasteiger charge is 2.11. The van der Waals surface area contributed by atoms with Gasteiger partial charge in [-0.05, 0) is 48.0 Å². The van der Waals surface area contributed by atoms with Gasteiger partial charge in [0.15, 0.2) is 12.4 Å². The molecule has 4 aromatic rings. The zero-order chi connectivity index (χ0) is 21.6. The summed E-state index contributed by atoms with van der Waals surface area (Å²) in [5.74, 6) is 1.13. The van der Waals surface area contributed by atoms with Gasteiger partial charge in [0, 0.05) is 18.1 Å². The molecule has 0 aliphatic heterocycles. The third-order valence-corrected chi connectivity index (χ3v) is 4.62. The van der Waals surface area contributed by atoms with E-state index >= 15 is 0 Å². The number of anilines is 1. The molecule has 0 saturated heterocycles. The maximum Gasteiger partial charge on any atom is 0.276 e. The van der Waals surface area contributed by atoms with Gasteiger partial charge in [-0.3, -0.25) is 9.48 Å². The summed E-state index contributed by atoms with van der Waals surface area (Å²) in [6.07, 6.45) is 5.02. The first kappa shape index (κ1) is 20.5. The number of halogens is 1. The Balaban J connectivity index is 1.34. The van der Waals surface area contributed by atoms with E-state index in [1.54, 1.807) is 53.3 Å². The number of hydrogen-bond acceptors (Lipinski definition) is 5. The van der Waals surface area contributed by atoms with Gasteiger partial charge >= 0.3 is 0 Å². The molecule has 4 rings (SSSR count). The number of rotatable bonds is 8. The number of nitrogens with one attached hydrogen (secondary N) is 1. The second kappa shape index (κ2) is 9.36. The average Bonchev–Trinajstić information content (AvgIpc) is 3.42. The maximum absolute atomic E-state index is 12.6. The van der Waals surface area contributed by atoms with Gasteiger partial charge in [0.25, 0.3) is 5.91 Å². The normalized spacial score (nSPS) is 10.6. The molecule has 31 heavy (non-hydrogen) atoms. The fourth-order valence-corrected chi connectivity index (χ4v) is 3.08. The summed E-state index contributed by atoms with van der Waals surface area (Å²) in [5, 5.41) is 11.9. The molecule has 0 bridgehead atoms. The summed E-state index contributed by atoms with van der Waals surface area (Å²) in [7, 11) is 1.61. The van der Waals surface area contributed by atoms with Crippen molar-refractivity contribution in [1.82, 2.24) is 19.6 Å². The van der Waals surface area contributed by atoms with Crippen molar-refractivity contribution in [2.45, 2.75) is 13.3 Å². The molecular formula is C22H20ClN5O3. The second-order valence-electron chi connectivity index (χ2n) is 6.70. The minimum Gasteiger partial charge on any atom is -0.497 e. The topological polar surface area (TPSA) is 83.2 Å². The van der Waals surface area contributed by atoms with Gasteiger partial charge in [-0.2, -0.15) is 10.2 Å². The smallest absolute Gasteiger partial charge is 0.276 e. The monoisotopic (exact) mass is 437 g/mol. The van der Waals surface area contributed by atoms with E-state index in [-0.39, 0.29) is 12.6 Å². The van der Waals surface area contributed by atoms with Crippen molar-refractivity contribution >= 4 is 23.2 Å². The van der Waals surface area contributed by atoms with Crippen molar-refractivity contribution < 1.29 is 14.3 Å². The predicted octanol–water partition coefficient (Wildman–Crippen LogP) is 4.08. The fourth-order valence-electron chi connectivity index (χ4n) is 2.92. The lowest BCUT2D eigenvalue weighted by Gasteiger charge is -2.08. The van der Waals surface area contributed by atoms with E-state index in [1.165, 1.54) is 0 Å². The molecule has 2 heterocycles. The lowest BCUT2D eigenvalue weighted by molar-refractivity contribution is 0.102. The van der Waals surface area contributed by atoms with Gasteiger partial charge in [-0.25, -0.2) is 4.68 Å². The molecule has 158 valence electrons. The van der Waals surface area contributed by atoms with Crippen LogP contribution in [0.5, 0.6) is 11.5 Å². The van der Waals surface area contributed by atoms with E-state index in [1.807, 2.05) is 36.4 Å². The number of carbonyl (C=O) groups excluding carboxylic acids is 1. The van der Waals surface area contributed by atoms with Crippen LogP contribution < -0.4 is 14.8 Å². The van der Waals surface area contributed by atoms with Gasteiger partial charge in [0.05, 0.1) is 24.9 Å². The standard InChI is InChI=1S/C22H20ClN5O3/c1-30-19-5-7-20(8-6-19)31-15-27-10-9-21(26-27)22(29)25-18-4-2-3-16(11-18)13-28-14-17(23)12-24-28/h2-12,14H,13,15H2,1H3,(H,25,29). The quantitative estimate of drug-likeness (QED) is 0.449. The minimum atomic E-state index is -0.303. The summed E-state index contributed by atoms with van der Waals surface area (Å²) in [6.45, 7) is 0.731. The number of nitrogens with zero attached hydrogens (tertiary/aromatic N) is 4. The highest BCUT2D eigenvalue weighted by molar-refractivity contribution is 6.30. The van der Waals surface area contributed by atoms with Crippen LogP contribution in [0.4, 0.5) is 5.69 Å². The van der Waals surface area contributed by atoms with E-state index in [2.05, 4.69) is 15.5 Å². The first-order valence-corrected chi connectivity index (χ1v) is 9.85. The van der Waals surface area contributed by atoms with Crippen LogP contribution in [0.3, 0.4) is 0 Å². The summed E-state index contributed by atoms with van der Waals surface area (Å²) >= 11 is 5.90. The number of benzene rings is 2. The Labute approximate surface area is 184 Å². The second-order valence-corrected chi connectivity index (χ2v) is 7.14. The number of amides is 1. The number of ether oxygens (including phenoxy) is 2. The van der Waals surface area contributed by atoms with Crippen molar-refractivity contribution in [1.29, 1.82) is 0 Å². The Bertz CT molecular complexity index is 1170. The number of carbonyl (C=O) groups is 1. The maximum atomic E-state index is 12.6. The Morgan fingerprint density at radius 2 is 1.90 bits per heavy atom. The number of hydrogen-bond donors (Lipinski definition) is 1. The van der Waals surface area contributed by atoms with E-state index in [0.29, 0.717) is 28.7 Å². The highest BCUT2D eigenvalue weighted by atomic mass is 35.5. The molecule has 0 aliphatic rings. The molecule has 0 spiro atoms. The van der Waals surface area contributed by atoms with Gasteiger partial charge < -0.3 is 14.8 Å². The number of aromatic nitrogens is 4. The van der Waals surface area contributed by atoms with Crippen LogP contribution in [0.1, 0.15) is 16.1 Å². The summed E-state index contributed by atoms with van der Waals surface area (Å²) in [6, 6.07) is 16.4. The largest absolute Gasteiger partial charge is 0.497 e. The third kappa shape index (κ3) is 5.43. The highest BCUT2D eigenvalue weighted by Crippen LogP contribution is 2.17. The van der Waals surface area contributed by atoms with Crippen molar-refractivity contribution in [3.8, 4) is 11.5 Å². The van der Waals surface area contributed by atoms with Gasteiger partial charge in [-0.1, -0.05) is 23.7 Å². The minimum absolute atomic E-state index is 0.182. The molecule has 0 saturated carbocycles. The molecule has 0 unspecified atom stereocenters. The SMILES string of the molecule is COc1ccc(OCn2ccc(C(=O)Nc3cccc(Cn4cc(Cl)cn4)c3)n2)cc1. The van der Waals surface area contributed by atoms with Gasteiger partial charge in [0.2, 0.25) is 0 Å². The van der Waals surface area contributed by atoms with Crippen LogP contribution in [0.25, 0.3) is 0 Å². The summed E-state index contributed by atoms with van der Waals surface area (Å²) in [5.41, 5.74) is 1.95. The van der Waals surface area contributed by atoms with Gasteiger partial charge in [0.1, 0.15) is 11.5 Å². The van der Waals surface area contributed by atoms with Crippen LogP contribution >= 0.6 is 11.6 Å². The molecule has 0 fully saturated rings. The van der Waals surface area contributed by atoms with Crippen LogP contribution in [0, 0.1) is 0 Å². The van der Waals surface area contributed by atoms with Crippen LogP contribution in [0.2, 0.25) is 5.02 Å². The zero-order valence-electron chi connectivity index (χ0n) is 16.7. The zero-order valence-corrected chi connectivity index (χ0v) is 17.5. The van der Waals surface area contributed by atoms with Crippen LogP contribution in [-0.4, -0.2) is 32.6 Å². The Morgan fingerprint density at radius 3 is 2.65 bits per heavy atom. The van der Waals surface area contributed by atoms with Crippen molar-refractivity contribution in [2.75, 3.05) is 12.4 Å². The molecule has 2 aromatic carbocycles. The van der Waals surface area contributed by atoms with Crippen molar-refractivity contribution in [3.63, 3.8) is 0 Å². The Hall–Kier alpha value is -3.78. The molecule has 9 heteroatoms. The van der Waals surface area contributed by atoms with E-state index in [9.17, 15) is 4.79 Å². The summed E-state index contributed by atoms with van der Waals surface area (Å²) < 4.78 is 14.1. The predicted molar refractivity (Wildman–Crippen MR) is 117 cm³/mol. The molecule has 1 amide bonds. The average molecular weight is 438 g/mol. The molecule has 2 aromatic heterocycles. The molecule has 0 radical (unpaired) electrons. The molecule has 0 aliphatic carbocycles. The van der Waals surface area contributed by atoms with Crippen molar-refractivity contribution in [3.05, 3.63) is 89.5 Å². The lowest BCUT2D eigenvalue weighted by Crippen LogP contribution is -2.14. The van der Waals surface area contributed by atoms with E-state index in [0.717, 1.165) is 11.3 Å². The Kier molecular flexibility index (Phi) is 6.18. The Morgan fingerprint density at radius 1 is 1.10 bits per heavy atom. The van der Waals surface area contributed by atoms with Crippen molar-refractivity contribution in [2.24, 2.45) is 0 Å². The lowest BCUT2D eigenvalue weighted by atomic mass is 10.2. The van der Waals surface area contributed by atoms with E-state index < -0.39 is 0 Å². The summed E-state index contributed by atoms with van der Waals surface area (Å²) in [4.78, 5) is 12.6. The molecule has 0 atom stereocenters. The molecule has 8 nitrogen and oxygen atoms in total. The third-order valence-electron chi connectivity index (χ3n) is 4.43. The van der Waals surface area contributed by atoms with Gasteiger partial charge in [-0.15, -0.1) is 0 Å². The molecule has 1 N–H and O–H groups in total. The first-order valence-electron chi connectivity index (χ1n) is 9.47. The number of methoxy groups -OCH3 is 1. The van der Waals surface area contributed by atoms with Crippen LogP contribution in [-0.2, 0) is 13.3 Å². The fraction of sp³-hybridized carbons (Fsp3) is 0.136. The van der Waals surface area contributed by atoms with Crippen LogP contribution in [0.15, 0.2) is 73.2 Å². The first-order chi connectivity index (χ1) is 15.1. The van der Waals surface area contributed by atoms with E-state index in [4.69, 9.17) is 21.1 Å². The molecular weight excluding hydrogens is 418 g/mol.